The average Bonchev–Trinajstić information content (AvgIpc) is 2.88. The highest BCUT2D eigenvalue weighted by Gasteiger charge is 2.12. The molecule has 0 saturated carbocycles. The number of aromatic nitrogens is 2. The molecule has 21 heavy (non-hydrogen) atoms. The zero-order valence-electron chi connectivity index (χ0n) is 11.1. The van der Waals surface area contributed by atoms with Crippen LogP contribution in [0.15, 0.2) is 29.8 Å². The number of benzene rings is 1. The number of amides is 1. The van der Waals surface area contributed by atoms with Crippen molar-refractivity contribution in [2.45, 2.75) is 15.6 Å². The van der Waals surface area contributed by atoms with Crippen molar-refractivity contribution in [1.29, 1.82) is 0 Å². The summed E-state index contributed by atoms with van der Waals surface area (Å²) in [5.41, 5.74) is 1.85. The third-order valence-electron chi connectivity index (χ3n) is 2.34. The molecule has 0 saturated heterocycles. The lowest BCUT2D eigenvalue weighted by Crippen LogP contribution is -2.14. The van der Waals surface area contributed by atoms with E-state index in [4.69, 9.17) is 0 Å². The summed E-state index contributed by atoms with van der Waals surface area (Å²) in [6, 6.07) is 3.92. The Bertz CT molecular complexity index is 640. The predicted molar refractivity (Wildman–Crippen MR) is 97.6 cm³/mol. The molecule has 0 fully saturated rings. The lowest BCUT2D eigenvalue weighted by molar-refractivity contribution is -0.113. The van der Waals surface area contributed by atoms with Crippen LogP contribution in [0, 0.1) is 6.92 Å². The first-order chi connectivity index (χ1) is 9.99. The summed E-state index contributed by atoms with van der Waals surface area (Å²) >= 11 is 11.4. The van der Waals surface area contributed by atoms with Crippen LogP contribution in [0.2, 0.25) is 0 Å². The van der Waals surface area contributed by atoms with Gasteiger partial charge in [0.05, 0.1) is 11.4 Å². The lowest BCUT2D eigenvalue weighted by Gasteiger charge is -2.10. The molecule has 1 aromatic heterocycles. The summed E-state index contributed by atoms with van der Waals surface area (Å²) in [6.07, 6.45) is 1.95. The zero-order valence-corrected chi connectivity index (χ0v) is 16.8. The molecule has 0 aliphatic rings. The molecule has 9 heteroatoms. The second-order valence-corrected chi connectivity index (χ2v) is 8.94. The second-order valence-electron chi connectivity index (χ2n) is 3.98. The normalized spacial score (nSPS) is 10.7. The number of nitrogens with one attached hydrogen (secondary N) is 1. The van der Waals surface area contributed by atoms with Crippen molar-refractivity contribution in [3.05, 3.63) is 26.6 Å². The highest BCUT2D eigenvalue weighted by Crippen LogP contribution is 2.33. The van der Waals surface area contributed by atoms with Gasteiger partial charge in [-0.15, -0.1) is 10.2 Å². The van der Waals surface area contributed by atoms with Gasteiger partial charge in [-0.1, -0.05) is 34.9 Å². The number of anilines is 1. The van der Waals surface area contributed by atoms with Gasteiger partial charge in [0.25, 0.3) is 0 Å². The molecule has 1 N–H and O–H groups in total. The fraction of sp³-hybridized carbons (Fsp3) is 0.250. The standard InChI is InChI=1S/C12H11Br2N3OS3/c1-6-3-7(13)10(8(14)4-6)15-9(18)5-20-12-17-16-11(19-2)21-12/h3-4H,5H2,1-2H3,(H,15,18). The van der Waals surface area contributed by atoms with Gasteiger partial charge in [-0.3, -0.25) is 4.79 Å². The molecule has 1 amide bonds. The van der Waals surface area contributed by atoms with Crippen LogP contribution < -0.4 is 5.32 Å². The van der Waals surface area contributed by atoms with Crippen molar-refractivity contribution in [2.24, 2.45) is 0 Å². The average molecular weight is 469 g/mol. The van der Waals surface area contributed by atoms with E-state index >= 15 is 0 Å². The molecule has 1 aromatic carbocycles. The van der Waals surface area contributed by atoms with E-state index in [9.17, 15) is 4.79 Å². The van der Waals surface area contributed by atoms with Crippen LogP contribution in [0.5, 0.6) is 0 Å². The molecule has 4 nitrogen and oxygen atoms in total. The second kappa shape index (κ2) is 7.96. The summed E-state index contributed by atoms with van der Waals surface area (Å²) in [5, 5.41) is 10.9. The number of aryl methyl sites for hydroxylation is 1. The topological polar surface area (TPSA) is 54.9 Å². The minimum absolute atomic E-state index is 0.0776. The highest BCUT2D eigenvalue weighted by atomic mass is 79.9. The van der Waals surface area contributed by atoms with Gasteiger partial charge in [-0.05, 0) is 62.7 Å². The molecule has 0 aliphatic carbocycles. The Morgan fingerprint density at radius 3 is 2.48 bits per heavy atom. The molecule has 0 spiro atoms. The Morgan fingerprint density at radius 2 is 1.90 bits per heavy atom. The molecule has 0 atom stereocenters. The Morgan fingerprint density at radius 1 is 1.29 bits per heavy atom. The van der Waals surface area contributed by atoms with Crippen molar-refractivity contribution in [3.8, 4) is 0 Å². The molecule has 2 rings (SSSR count). The van der Waals surface area contributed by atoms with Crippen LogP contribution in [0.4, 0.5) is 5.69 Å². The Labute approximate surface area is 152 Å². The van der Waals surface area contributed by atoms with E-state index in [2.05, 4.69) is 47.4 Å². The molecule has 0 radical (unpaired) electrons. The van der Waals surface area contributed by atoms with Crippen molar-refractivity contribution in [3.63, 3.8) is 0 Å². The van der Waals surface area contributed by atoms with Gasteiger partial charge >= 0.3 is 0 Å². The van der Waals surface area contributed by atoms with Crippen LogP contribution in [0.1, 0.15) is 5.56 Å². The van der Waals surface area contributed by atoms with E-state index in [1.165, 1.54) is 23.1 Å². The van der Waals surface area contributed by atoms with Gasteiger partial charge in [0.2, 0.25) is 5.91 Å². The van der Waals surface area contributed by atoms with Crippen molar-refractivity contribution in [1.82, 2.24) is 10.2 Å². The summed E-state index contributed by atoms with van der Waals surface area (Å²) in [5.74, 6) is 0.224. The van der Waals surface area contributed by atoms with Gasteiger partial charge in [0.15, 0.2) is 8.68 Å². The molecular formula is C12H11Br2N3OS3. The molecule has 0 bridgehead atoms. The third-order valence-corrected chi connectivity index (χ3v) is 6.62. The fourth-order valence-electron chi connectivity index (χ4n) is 1.46. The van der Waals surface area contributed by atoms with Gasteiger partial charge in [-0.2, -0.15) is 0 Å². The minimum atomic E-state index is -0.0776. The fourth-order valence-corrected chi connectivity index (χ4v) is 5.31. The Hall–Kier alpha value is -0.0900. The first kappa shape index (κ1) is 17.3. The molecular weight excluding hydrogens is 458 g/mol. The number of thioether (sulfide) groups is 2. The molecule has 2 aromatic rings. The monoisotopic (exact) mass is 467 g/mol. The van der Waals surface area contributed by atoms with E-state index in [1.807, 2.05) is 25.3 Å². The van der Waals surface area contributed by atoms with Crippen molar-refractivity contribution in [2.75, 3.05) is 17.3 Å². The van der Waals surface area contributed by atoms with E-state index in [0.717, 1.165) is 28.9 Å². The number of hydrogen-bond acceptors (Lipinski definition) is 6. The van der Waals surface area contributed by atoms with Crippen molar-refractivity contribution < 1.29 is 4.79 Å². The van der Waals surface area contributed by atoms with E-state index < -0.39 is 0 Å². The van der Waals surface area contributed by atoms with Crippen LogP contribution in [-0.2, 0) is 4.79 Å². The number of carbonyl (C=O) groups excluding carboxylic acids is 1. The van der Waals surface area contributed by atoms with E-state index in [1.54, 1.807) is 11.8 Å². The molecule has 0 aliphatic heterocycles. The largest absolute Gasteiger partial charge is 0.323 e. The number of halogens is 2. The van der Waals surface area contributed by atoms with Gasteiger partial charge in [-0.25, -0.2) is 0 Å². The number of carbonyl (C=O) groups is 1. The van der Waals surface area contributed by atoms with Gasteiger partial charge < -0.3 is 5.32 Å². The SMILES string of the molecule is CSc1nnc(SCC(=O)Nc2c(Br)cc(C)cc2Br)s1. The number of rotatable bonds is 5. The highest BCUT2D eigenvalue weighted by molar-refractivity contribution is 9.11. The Balaban J connectivity index is 1.96. The first-order valence-electron chi connectivity index (χ1n) is 5.75. The van der Waals surface area contributed by atoms with Gasteiger partial charge in [0.1, 0.15) is 0 Å². The maximum absolute atomic E-state index is 12.0. The smallest absolute Gasteiger partial charge is 0.234 e. The number of hydrogen-bond donors (Lipinski definition) is 1. The van der Waals surface area contributed by atoms with Crippen LogP contribution in [0.25, 0.3) is 0 Å². The molecule has 0 unspecified atom stereocenters. The summed E-state index contributed by atoms with van der Waals surface area (Å²) in [4.78, 5) is 12.0. The van der Waals surface area contributed by atoms with Crippen LogP contribution in [-0.4, -0.2) is 28.1 Å². The minimum Gasteiger partial charge on any atom is -0.323 e. The summed E-state index contributed by atoms with van der Waals surface area (Å²) in [6.45, 7) is 2.00. The lowest BCUT2D eigenvalue weighted by atomic mass is 10.2. The van der Waals surface area contributed by atoms with Crippen LogP contribution in [0.3, 0.4) is 0 Å². The first-order valence-corrected chi connectivity index (χ1v) is 10.4. The maximum atomic E-state index is 12.0. The predicted octanol–water partition coefficient (Wildman–Crippen LogP) is 4.82. The van der Waals surface area contributed by atoms with Crippen molar-refractivity contribution >= 4 is 78.3 Å². The summed E-state index contributed by atoms with van der Waals surface area (Å²) in [7, 11) is 0. The molecule has 112 valence electrons. The molecule has 1 heterocycles. The third kappa shape index (κ3) is 4.95. The maximum Gasteiger partial charge on any atom is 0.234 e. The van der Waals surface area contributed by atoms with E-state index in [-0.39, 0.29) is 5.91 Å². The Kier molecular flexibility index (Phi) is 6.54. The van der Waals surface area contributed by atoms with E-state index in [0.29, 0.717) is 5.75 Å². The number of nitrogens with zero attached hydrogens (tertiary/aromatic N) is 2. The zero-order chi connectivity index (χ0) is 15.4. The van der Waals surface area contributed by atoms with Gasteiger partial charge in [0, 0.05) is 8.95 Å². The van der Waals surface area contributed by atoms with Crippen LogP contribution >= 0.6 is 66.7 Å². The quantitative estimate of drug-likeness (QED) is 0.637. The summed E-state index contributed by atoms with van der Waals surface area (Å²) < 4.78 is 3.42.